The molecule has 0 radical (unpaired) electrons. The summed E-state index contributed by atoms with van der Waals surface area (Å²) < 4.78 is 5.21. The number of amides is 1. The van der Waals surface area contributed by atoms with E-state index in [-0.39, 0.29) is 0 Å². The second-order valence-electron chi connectivity index (χ2n) is 4.73. The fourth-order valence-electron chi connectivity index (χ4n) is 1.92. The van der Waals surface area contributed by atoms with Crippen molar-refractivity contribution in [1.29, 1.82) is 0 Å². The van der Waals surface area contributed by atoms with Gasteiger partial charge in [0.2, 0.25) is 0 Å². The first kappa shape index (κ1) is 15.7. The summed E-state index contributed by atoms with van der Waals surface area (Å²) in [6.45, 7) is 1.53. The average molecular weight is 298 g/mol. The predicted octanol–water partition coefficient (Wildman–Crippen LogP) is -0.433. The Morgan fingerprint density at radius 1 is 1.14 bits per heavy atom. The summed E-state index contributed by atoms with van der Waals surface area (Å²) in [5.41, 5.74) is 2.76. The molecule has 2 rings (SSSR count). The summed E-state index contributed by atoms with van der Waals surface area (Å²) in [6.07, 6.45) is -6.70. The smallest absolute Gasteiger partial charge is 0.388 e. The molecule has 1 heterocycles. The van der Waals surface area contributed by atoms with Crippen LogP contribution >= 0.6 is 0 Å². The number of nitrogens with one attached hydrogen (secondary N) is 2. The molecular weight excluding hydrogens is 280 g/mol. The van der Waals surface area contributed by atoms with Crippen LogP contribution in [0.4, 0.5) is 10.5 Å². The van der Waals surface area contributed by atoms with Crippen molar-refractivity contribution in [2.75, 3.05) is 5.32 Å². The van der Waals surface area contributed by atoms with E-state index in [0.717, 1.165) is 0 Å². The van der Waals surface area contributed by atoms with Gasteiger partial charge in [-0.25, -0.2) is 4.79 Å². The zero-order valence-electron chi connectivity index (χ0n) is 11.3. The van der Waals surface area contributed by atoms with E-state index in [9.17, 15) is 20.1 Å². The summed E-state index contributed by atoms with van der Waals surface area (Å²) in [7, 11) is 0. The van der Waals surface area contributed by atoms with Crippen LogP contribution in [0, 0.1) is 0 Å². The molecule has 1 aromatic carbocycles. The fraction of sp³-hybridized carbons (Fsp3) is 0.462. The highest BCUT2D eigenvalue weighted by molar-refractivity contribution is 5.84. The van der Waals surface area contributed by atoms with E-state index in [0.29, 0.717) is 5.69 Å². The van der Waals surface area contributed by atoms with E-state index in [1.165, 1.54) is 6.92 Å². The van der Waals surface area contributed by atoms with E-state index in [2.05, 4.69) is 10.8 Å². The number of carbonyl (C=O) groups excluding carboxylic acids is 1. The van der Waals surface area contributed by atoms with Crippen LogP contribution < -0.4 is 10.8 Å². The summed E-state index contributed by atoms with van der Waals surface area (Å²) in [5.74, 6) is 0. The van der Waals surface area contributed by atoms with Crippen LogP contribution in [0.25, 0.3) is 0 Å². The Kier molecular flexibility index (Phi) is 5.10. The Morgan fingerprint density at radius 3 is 2.48 bits per heavy atom. The van der Waals surface area contributed by atoms with Crippen LogP contribution in [0.15, 0.2) is 30.3 Å². The summed E-state index contributed by atoms with van der Waals surface area (Å²) >= 11 is 0. The molecule has 1 fully saturated rings. The molecule has 1 aliphatic rings. The molecule has 5 N–H and O–H groups in total. The van der Waals surface area contributed by atoms with Crippen LogP contribution in [-0.4, -0.2) is 52.1 Å². The second kappa shape index (κ2) is 6.83. The highest BCUT2D eigenvalue weighted by atomic mass is 16.7. The Bertz CT molecular complexity index is 471. The van der Waals surface area contributed by atoms with Gasteiger partial charge in [-0.15, -0.1) is 5.48 Å². The van der Waals surface area contributed by atoms with Crippen molar-refractivity contribution in [3.8, 4) is 0 Å². The van der Waals surface area contributed by atoms with Crippen molar-refractivity contribution < 1.29 is 29.7 Å². The Balaban J connectivity index is 1.83. The topological polar surface area (TPSA) is 120 Å². The minimum absolute atomic E-state index is 0.540. The maximum Gasteiger partial charge on any atom is 0.430 e. The molecule has 8 nitrogen and oxygen atoms in total. The molecule has 1 saturated heterocycles. The lowest BCUT2D eigenvalue weighted by molar-refractivity contribution is -0.244. The number of para-hydroxylation sites is 1. The number of rotatable bonds is 3. The Labute approximate surface area is 121 Å². The van der Waals surface area contributed by atoms with Crippen LogP contribution in [0.5, 0.6) is 0 Å². The predicted molar refractivity (Wildman–Crippen MR) is 72.0 cm³/mol. The van der Waals surface area contributed by atoms with Gasteiger partial charge >= 0.3 is 6.09 Å². The van der Waals surface area contributed by atoms with E-state index in [1.54, 1.807) is 30.3 Å². The normalized spacial score (nSPS) is 32.5. The van der Waals surface area contributed by atoms with Gasteiger partial charge in [-0.1, -0.05) is 18.2 Å². The zero-order chi connectivity index (χ0) is 15.4. The number of hydrogen-bond donors (Lipinski definition) is 5. The summed E-state index contributed by atoms with van der Waals surface area (Å²) in [6, 6.07) is 8.65. The maximum absolute atomic E-state index is 11.5. The van der Waals surface area contributed by atoms with Gasteiger partial charge in [0.25, 0.3) is 0 Å². The molecule has 116 valence electrons. The Hall–Kier alpha value is -1.71. The van der Waals surface area contributed by atoms with Gasteiger partial charge in [0, 0.05) is 5.69 Å². The first-order valence-corrected chi connectivity index (χ1v) is 6.47. The van der Waals surface area contributed by atoms with Crippen molar-refractivity contribution in [2.24, 2.45) is 0 Å². The first-order valence-electron chi connectivity index (χ1n) is 6.47. The van der Waals surface area contributed by atoms with Gasteiger partial charge < -0.3 is 24.9 Å². The molecule has 0 aromatic heterocycles. The molecule has 5 atom stereocenters. The monoisotopic (exact) mass is 298 g/mol. The SMILES string of the molecule is C[C@@H]1OC(NOC(=O)Nc2ccccc2)[C@@H](O)[C@H](O)[C@@H]1O. The van der Waals surface area contributed by atoms with Crippen molar-refractivity contribution >= 4 is 11.8 Å². The van der Waals surface area contributed by atoms with Gasteiger partial charge in [0.05, 0.1) is 6.10 Å². The average Bonchev–Trinajstić information content (AvgIpc) is 2.48. The fourth-order valence-corrected chi connectivity index (χ4v) is 1.92. The number of aliphatic hydroxyl groups is 3. The number of anilines is 1. The van der Waals surface area contributed by atoms with Crippen molar-refractivity contribution in [3.05, 3.63) is 30.3 Å². The summed E-state index contributed by atoms with van der Waals surface area (Å²) in [5, 5.41) is 31.3. The molecule has 1 aromatic rings. The number of benzene rings is 1. The highest BCUT2D eigenvalue weighted by Gasteiger charge is 2.42. The van der Waals surface area contributed by atoms with Gasteiger partial charge in [-0.2, -0.15) is 0 Å². The van der Waals surface area contributed by atoms with Crippen molar-refractivity contribution in [2.45, 2.75) is 37.6 Å². The second-order valence-corrected chi connectivity index (χ2v) is 4.73. The van der Waals surface area contributed by atoms with E-state index < -0.39 is 36.7 Å². The molecule has 0 bridgehead atoms. The molecule has 1 amide bonds. The third-order valence-electron chi connectivity index (χ3n) is 3.14. The zero-order valence-corrected chi connectivity index (χ0v) is 11.3. The third kappa shape index (κ3) is 3.90. The minimum Gasteiger partial charge on any atom is -0.388 e. The van der Waals surface area contributed by atoms with Crippen LogP contribution in [-0.2, 0) is 9.57 Å². The van der Waals surface area contributed by atoms with E-state index >= 15 is 0 Å². The lowest BCUT2D eigenvalue weighted by atomic mass is 9.99. The standard InChI is InChI=1S/C13H18N2O6/c1-7-9(16)10(17)11(18)12(20-7)15-21-13(19)14-8-5-3-2-4-6-8/h2-7,9-12,15-18H,1H3,(H,14,19)/t7-,9+,10+,11-,12?/m0/s1. The van der Waals surface area contributed by atoms with Crippen molar-refractivity contribution in [1.82, 2.24) is 5.48 Å². The molecule has 8 heteroatoms. The molecule has 0 saturated carbocycles. The molecular formula is C13H18N2O6. The molecule has 1 aliphatic heterocycles. The number of ether oxygens (including phenoxy) is 1. The van der Waals surface area contributed by atoms with Crippen LogP contribution in [0.2, 0.25) is 0 Å². The Morgan fingerprint density at radius 2 is 1.81 bits per heavy atom. The molecule has 0 aliphatic carbocycles. The van der Waals surface area contributed by atoms with Gasteiger partial charge in [-0.05, 0) is 19.1 Å². The lowest BCUT2D eigenvalue weighted by Gasteiger charge is -2.38. The van der Waals surface area contributed by atoms with Gasteiger partial charge in [0.15, 0.2) is 6.23 Å². The van der Waals surface area contributed by atoms with Crippen molar-refractivity contribution in [3.63, 3.8) is 0 Å². The van der Waals surface area contributed by atoms with Gasteiger partial charge in [-0.3, -0.25) is 5.32 Å². The lowest BCUT2D eigenvalue weighted by Crippen LogP contribution is -2.61. The number of carbonyl (C=O) groups is 1. The molecule has 21 heavy (non-hydrogen) atoms. The van der Waals surface area contributed by atoms with E-state index in [4.69, 9.17) is 9.57 Å². The maximum atomic E-state index is 11.5. The van der Waals surface area contributed by atoms with Crippen LogP contribution in [0.1, 0.15) is 6.92 Å². The number of aliphatic hydroxyl groups excluding tert-OH is 3. The third-order valence-corrected chi connectivity index (χ3v) is 3.14. The number of hydroxylamine groups is 1. The molecule has 0 spiro atoms. The first-order chi connectivity index (χ1) is 9.99. The number of hydrogen-bond acceptors (Lipinski definition) is 7. The van der Waals surface area contributed by atoms with Crippen LogP contribution in [0.3, 0.4) is 0 Å². The minimum atomic E-state index is -1.43. The van der Waals surface area contributed by atoms with Gasteiger partial charge in [0.1, 0.15) is 18.3 Å². The highest BCUT2D eigenvalue weighted by Crippen LogP contribution is 2.19. The summed E-state index contributed by atoms with van der Waals surface area (Å²) in [4.78, 5) is 16.3. The van der Waals surface area contributed by atoms with E-state index in [1.807, 2.05) is 0 Å². The largest absolute Gasteiger partial charge is 0.430 e. The quantitative estimate of drug-likeness (QED) is 0.480. The molecule has 1 unspecified atom stereocenters.